The summed E-state index contributed by atoms with van der Waals surface area (Å²) < 4.78 is 5.32. The lowest BCUT2D eigenvalue weighted by molar-refractivity contribution is -0.141. The maximum Gasteiger partial charge on any atom is 0.317 e. The molecular weight excluding hydrogens is 262 g/mol. The number of carboxylic acids is 1. The Hall–Kier alpha value is -2.15. The fourth-order valence-electron chi connectivity index (χ4n) is 2.01. The van der Waals surface area contributed by atoms with Gasteiger partial charge < -0.3 is 20.1 Å². The number of hydrogen-bond acceptors (Lipinski definition) is 4. The van der Waals surface area contributed by atoms with Crippen LogP contribution in [-0.4, -0.2) is 52.8 Å². The Morgan fingerprint density at radius 1 is 1.45 bits per heavy atom. The van der Waals surface area contributed by atoms with Crippen LogP contribution in [0.5, 0.6) is 0 Å². The smallest absolute Gasteiger partial charge is 0.317 e. The Kier molecular flexibility index (Phi) is 4.89. The zero-order valence-electron chi connectivity index (χ0n) is 11.0. The van der Waals surface area contributed by atoms with Gasteiger partial charge in [0.05, 0.1) is 19.1 Å². The number of carbonyl (C=O) groups is 2. The van der Waals surface area contributed by atoms with Crippen molar-refractivity contribution >= 4 is 12.0 Å². The molecule has 1 aromatic rings. The van der Waals surface area contributed by atoms with Crippen LogP contribution >= 0.6 is 0 Å². The van der Waals surface area contributed by atoms with E-state index >= 15 is 0 Å². The average Bonchev–Trinajstić information content (AvgIpc) is 2.45. The summed E-state index contributed by atoms with van der Waals surface area (Å²) in [5, 5.41) is 11.5. The van der Waals surface area contributed by atoms with Crippen molar-refractivity contribution in [3.63, 3.8) is 0 Å². The van der Waals surface area contributed by atoms with Gasteiger partial charge in [-0.2, -0.15) is 0 Å². The van der Waals surface area contributed by atoms with Gasteiger partial charge in [-0.3, -0.25) is 9.78 Å². The predicted octanol–water partition coefficient (Wildman–Crippen LogP) is 0.467. The van der Waals surface area contributed by atoms with Crippen LogP contribution in [0.4, 0.5) is 4.79 Å². The molecule has 2 heterocycles. The zero-order chi connectivity index (χ0) is 14.4. The number of carbonyl (C=O) groups excluding carboxylic acids is 1. The number of aliphatic carboxylic acids is 1. The molecule has 0 aromatic carbocycles. The van der Waals surface area contributed by atoms with Crippen molar-refractivity contribution in [1.29, 1.82) is 0 Å². The first-order valence-corrected chi connectivity index (χ1v) is 6.40. The number of urea groups is 1. The van der Waals surface area contributed by atoms with E-state index in [0.29, 0.717) is 26.2 Å². The van der Waals surface area contributed by atoms with Gasteiger partial charge in [-0.15, -0.1) is 0 Å². The van der Waals surface area contributed by atoms with Crippen molar-refractivity contribution in [2.75, 3.05) is 19.7 Å². The summed E-state index contributed by atoms with van der Waals surface area (Å²) in [6.45, 7) is 1.55. The average molecular weight is 279 g/mol. The number of hydrogen-bond donors (Lipinski definition) is 2. The number of nitrogens with zero attached hydrogens (tertiary/aromatic N) is 2. The summed E-state index contributed by atoms with van der Waals surface area (Å²) >= 11 is 0. The predicted molar refractivity (Wildman–Crippen MR) is 70.0 cm³/mol. The fourth-order valence-corrected chi connectivity index (χ4v) is 2.01. The van der Waals surface area contributed by atoms with E-state index < -0.39 is 12.1 Å². The van der Waals surface area contributed by atoms with E-state index in [0.717, 1.165) is 5.56 Å². The molecule has 1 unspecified atom stereocenters. The van der Waals surface area contributed by atoms with Gasteiger partial charge in [0.25, 0.3) is 0 Å². The third kappa shape index (κ3) is 4.20. The van der Waals surface area contributed by atoms with Crippen LogP contribution in [-0.2, 0) is 16.1 Å². The van der Waals surface area contributed by atoms with E-state index in [9.17, 15) is 9.59 Å². The second-order valence-corrected chi connectivity index (χ2v) is 4.55. The summed E-state index contributed by atoms with van der Waals surface area (Å²) in [6, 6.07) is 3.44. The van der Waals surface area contributed by atoms with Gasteiger partial charge in [-0.05, 0) is 17.7 Å². The van der Waals surface area contributed by atoms with Crippen molar-refractivity contribution in [1.82, 2.24) is 15.2 Å². The quantitative estimate of drug-likeness (QED) is 0.835. The molecule has 2 amide bonds. The van der Waals surface area contributed by atoms with Gasteiger partial charge in [-0.1, -0.05) is 0 Å². The second kappa shape index (κ2) is 6.85. The van der Waals surface area contributed by atoms with Crippen LogP contribution in [0.1, 0.15) is 12.0 Å². The third-order valence-corrected chi connectivity index (χ3v) is 3.02. The molecule has 0 saturated carbocycles. The van der Waals surface area contributed by atoms with Crippen LogP contribution in [0, 0.1) is 0 Å². The standard InChI is InChI=1S/C13H17N3O4/c17-12(18)7-11-9-16(5-6-20-11)13(19)15-8-10-1-3-14-4-2-10/h1-4,11H,5-9H2,(H,15,19)(H,17,18). The van der Waals surface area contributed by atoms with E-state index in [1.54, 1.807) is 17.3 Å². The highest BCUT2D eigenvalue weighted by Crippen LogP contribution is 2.09. The highest BCUT2D eigenvalue weighted by atomic mass is 16.5. The Labute approximate surface area is 116 Å². The van der Waals surface area contributed by atoms with Crippen LogP contribution in [0.15, 0.2) is 24.5 Å². The molecule has 108 valence electrons. The molecule has 0 radical (unpaired) electrons. The molecule has 2 N–H and O–H groups in total. The number of pyridine rings is 1. The molecule has 0 bridgehead atoms. The number of amides is 2. The van der Waals surface area contributed by atoms with Crippen molar-refractivity contribution in [3.05, 3.63) is 30.1 Å². The minimum atomic E-state index is -0.922. The Bertz CT molecular complexity index is 466. The molecule has 0 spiro atoms. The minimum absolute atomic E-state index is 0.0892. The van der Waals surface area contributed by atoms with Gasteiger partial charge in [0.15, 0.2) is 0 Å². The Balaban J connectivity index is 1.81. The van der Waals surface area contributed by atoms with E-state index in [-0.39, 0.29) is 12.5 Å². The van der Waals surface area contributed by atoms with E-state index in [1.165, 1.54) is 0 Å². The first kappa shape index (κ1) is 14.3. The molecule has 0 aliphatic carbocycles. The summed E-state index contributed by atoms with van der Waals surface area (Å²) in [5.41, 5.74) is 0.962. The molecule has 7 nitrogen and oxygen atoms in total. The molecule has 1 fully saturated rings. The number of nitrogens with one attached hydrogen (secondary N) is 1. The van der Waals surface area contributed by atoms with E-state index in [2.05, 4.69) is 10.3 Å². The number of ether oxygens (including phenoxy) is 1. The van der Waals surface area contributed by atoms with Crippen LogP contribution < -0.4 is 5.32 Å². The monoisotopic (exact) mass is 279 g/mol. The maximum absolute atomic E-state index is 12.0. The summed E-state index contributed by atoms with van der Waals surface area (Å²) in [4.78, 5) is 28.1. The van der Waals surface area contributed by atoms with Gasteiger partial charge in [0, 0.05) is 32.0 Å². The van der Waals surface area contributed by atoms with Crippen LogP contribution in [0.2, 0.25) is 0 Å². The summed E-state index contributed by atoms with van der Waals surface area (Å²) in [6.07, 6.45) is 2.81. The van der Waals surface area contributed by atoms with Gasteiger partial charge in [0.1, 0.15) is 0 Å². The van der Waals surface area contributed by atoms with Gasteiger partial charge in [0.2, 0.25) is 0 Å². The largest absolute Gasteiger partial charge is 0.481 e. The summed E-state index contributed by atoms with van der Waals surface area (Å²) in [5.74, 6) is -0.922. The van der Waals surface area contributed by atoms with Crippen molar-refractivity contribution < 1.29 is 19.4 Å². The highest BCUT2D eigenvalue weighted by Gasteiger charge is 2.25. The lowest BCUT2D eigenvalue weighted by atomic mass is 10.2. The van der Waals surface area contributed by atoms with Gasteiger partial charge >= 0.3 is 12.0 Å². The lowest BCUT2D eigenvalue weighted by Gasteiger charge is -2.32. The van der Waals surface area contributed by atoms with Crippen LogP contribution in [0.25, 0.3) is 0 Å². The Morgan fingerprint density at radius 3 is 2.90 bits per heavy atom. The van der Waals surface area contributed by atoms with Gasteiger partial charge in [-0.25, -0.2) is 4.79 Å². The molecule has 7 heteroatoms. The highest BCUT2D eigenvalue weighted by molar-refractivity contribution is 5.74. The SMILES string of the molecule is O=C(O)CC1CN(C(=O)NCc2ccncc2)CCO1. The first-order chi connectivity index (χ1) is 9.65. The number of rotatable bonds is 4. The molecular formula is C13H17N3O4. The normalized spacial score (nSPS) is 18.6. The van der Waals surface area contributed by atoms with E-state index in [4.69, 9.17) is 9.84 Å². The maximum atomic E-state index is 12.0. The van der Waals surface area contributed by atoms with E-state index in [1.807, 2.05) is 12.1 Å². The van der Waals surface area contributed by atoms with Crippen molar-refractivity contribution in [3.8, 4) is 0 Å². The molecule has 1 aliphatic heterocycles. The third-order valence-electron chi connectivity index (χ3n) is 3.02. The minimum Gasteiger partial charge on any atom is -0.481 e. The topological polar surface area (TPSA) is 91.8 Å². The number of carboxylic acid groups (broad SMARTS) is 1. The summed E-state index contributed by atoms with van der Waals surface area (Å²) in [7, 11) is 0. The van der Waals surface area contributed by atoms with Crippen molar-refractivity contribution in [2.24, 2.45) is 0 Å². The second-order valence-electron chi connectivity index (χ2n) is 4.55. The fraction of sp³-hybridized carbons (Fsp3) is 0.462. The molecule has 2 rings (SSSR count). The molecule has 20 heavy (non-hydrogen) atoms. The Morgan fingerprint density at radius 2 is 2.20 bits per heavy atom. The molecule has 1 aromatic heterocycles. The number of aromatic nitrogens is 1. The molecule has 1 aliphatic rings. The molecule has 1 saturated heterocycles. The van der Waals surface area contributed by atoms with Crippen molar-refractivity contribution in [2.45, 2.75) is 19.1 Å². The van der Waals surface area contributed by atoms with Crippen LogP contribution in [0.3, 0.4) is 0 Å². The number of morpholine rings is 1. The molecule has 1 atom stereocenters. The zero-order valence-corrected chi connectivity index (χ0v) is 11.0. The lowest BCUT2D eigenvalue weighted by Crippen LogP contribution is -2.49. The first-order valence-electron chi connectivity index (χ1n) is 6.40.